The standard InChI is InChI=1S/C36H41N5O5S/c1-36(2,3)46-35(43)41-18-4-5-32(41)33-37-23-31(39-33)28-12-8-26(9-13-28)27-10-14-29(15-11-27)34(42)38-30-16-6-25(7-17-30)24-40-19-21-47(44,45)22-20-40/h6-17,23,32H,4-5,18-22,24H2,1-3H3,(H,37,39)(H,38,42)/t32-/m0/s1. The Hall–Kier alpha value is -4.48. The molecule has 1 atom stereocenters. The number of nitrogens with one attached hydrogen (secondary N) is 2. The van der Waals surface area contributed by atoms with E-state index >= 15 is 0 Å². The highest BCUT2D eigenvalue weighted by atomic mass is 32.2. The molecular weight excluding hydrogens is 614 g/mol. The first-order chi connectivity index (χ1) is 22.4. The van der Waals surface area contributed by atoms with E-state index in [0.29, 0.717) is 37.4 Å². The summed E-state index contributed by atoms with van der Waals surface area (Å²) in [6.07, 6.45) is 3.23. The van der Waals surface area contributed by atoms with Crippen molar-refractivity contribution in [1.82, 2.24) is 19.8 Å². The lowest BCUT2D eigenvalue weighted by molar-refractivity contribution is 0.0218. The van der Waals surface area contributed by atoms with Crippen LogP contribution >= 0.6 is 0 Å². The monoisotopic (exact) mass is 655 g/mol. The Kier molecular flexibility index (Phi) is 9.20. The third kappa shape index (κ3) is 8.09. The molecule has 11 heteroatoms. The maximum atomic E-state index is 12.9. The van der Waals surface area contributed by atoms with Crippen molar-refractivity contribution in [3.63, 3.8) is 0 Å². The smallest absolute Gasteiger partial charge is 0.410 e. The molecule has 4 aromatic rings. The van der Waals surface area contributed by atoms with E-state index < -0.39 is 15.4 Å². The first-order valence-electron chi connectivity index (χ1n) is 16.0. The number of hydrogen-bond donors (Lipinski definition) is 2. The zero-order valence-corrected chi connectivity index (χ0v) is 27.8. The van der Waals surface area contributed by atoms with Crippen molar-refractivity contribution in [3.05, 3.63) is 95.9 Å². The molecule has 1 aromatic heterocycles. The maximum absolute atomic E-state index is 12.9. The highest BCUT2D eigenvalue weighted by molar-refractivity contribution is 7.91. The van der Waals surface area contributed by atoms with Gasteiger partial charge in [-0.3, -0.25) is 14.6 Å². The number of imidazole rings is 1. The van der Waals surface area contributed by atoms with Gasteiger partial charge in [-0.1, -0.05) is 48.5 Å². The second kappa shape index (κ2) is 13.3. The predicted molar refractivity (Wildman–Crippen MR) is 183 cm³/mol. The third-order valence-electron chi connectivity index (χ3n) is 8.52. The number of H-pyrrole nitrogens is 1. The van der Waals surface area contributed by atoms with Crippen LogP contribution in [0.3, 0.4) is 0 Å². The summed E-state index contributed by atoms with van der Waals surface area (Å²) in [5.41, 5.74) is 5.66. The Morgan fingerprint density at radius 2 is 1.51 bits per heavy atom. The molecule has 0 aliphatic carbocycles. The summed E-state index contributed by atoms with van der Waals surface area (Å²) in [5, 5.41) is 2.96. The van der Waals surface area contributed by atoms with E-state index in [1.807, 2.05) is 93.6 Å². The van der Waals surface area contributed by atoms with Gasteiger partial charge in [-0.2, -0.15) is 0 Å². The number of likely N-dealkylation sites (tertiary alicyclic amines) is 1. The van der Waals surface area contributed by atoms with Crippen LogP contribution < -0.4 is 5.32 Å². The van der Waals surface area contributed by atoms with Gasteiger partial charge >= 0.3 is 6.09 Å². The van der Waals surface area contributed by atoms with E-state index in [4.69, 9.17) is 4.74 Å². The molecule has 3 aromatic carbocycles. The summed E-state index contributed by atoms with van der Waals surface area (Å²) in [5.74, 6) is 0.977. The van der Waals surface area contributed by atoms with Crippen LogP contribution in [-0.4, -0.2) is 76.9 Å². The number of sulfone groups is 1. The largest absolute Gasteiger partial charge is 0.444 e. The lowest BCUT2D eigenvalue weighted by Gasteiger charge is -2.27. The number of anilines is 1. The number of hydrogen-bond acceptors (Lipinski definition) is 7. The number of amides is 2. The number of carbonyl (C=O) groups is 2. The van der Waals surface area contributed by atoms with Crippen LogP contribution in [-0.2, 0) is 21.1 Å². The van der Waals surface area contributed by atoms with Gasteiger partial charge in [0.05, 0.1) is 29.4 Å². The van der Waals surface area contributed by atoms with Crippen molar-refractivity contribution >= 4 is 27.5 Å². The quantitative estimate of drug-likeness (QED) is 0.240. The number of ether oxygens (including phenoxy) is 1. The molecule has 2 aliphatic rings. The molecule has 6 rings (SSSR count). The molecule has 2 N–H and O–H groups in total. The van der Waals surface area contributed by atoms with Crippen LogP contribution in [0.4, 0.5) is 10.5 Å². The lowest BCUT2D eigenvalue weighted by Crippen LogP contribution is -2.39. The van der Waals surface area contributed by atoms with Gasteiger partial charge in [0.1, 0.15) is 11.4 Å². The minimum atomic E-state index is -2.90. The summed E-state index contributed by atoms with van der Waals surface area (Å²) in [6.45, 7) is 8.04. The molecule has 2 aliphatic heterocycles. The van der Waals surface area contributed by atoms with Crippen molar-refractivity contribution in [3.8, 4) is 22.4 Å². The Morgan fingerprint density at radius 3 is 2.15 bits per heavy atom. The average molecular weight is 656 g/mol. The van der Waals surface area contributed by atoms with Gasteiger partial charge in [0.2, 0.25) is 0 Å². The first-order valence-corrected chi connectivity index (χ1v) is 17.8. The number of aromatic amines is 1. The van der Waals surface area contributed by atoms with Crippen LogP contribution in [0.5, 0.6) is 0 Å². The van der Waals surface area contributed by atoms with Crippen molar-refractivity contribution in [2.75, 3.05) is 36.5 Å². The second-order valence-electron chi connectivity index (χ2n) is 13.2. The number of carbonyl (C=O) groups excluding carboxylic acids is 2. The summed E-state index contributed by atoms with van der Waals surface area (Å²) in [4.78, 5) is 37.6. The first kappa shape index (κ1) is 32.5. The Morgan fingerprint density at radius 1 is 0.894 bits per heavy atom. The molecule has 47 heavy (non-hydrogen) atoms. The van der Waals surface area contributed by atoms with Crippen LogP contribution in [0.25, 0.3) is 22.4 Å². The predicted octanol–water partition coefficient (Wildman–Crippen LogP) is 6.30. The topological polar surface area (TPSA) is 125 Å². The Labute approximate surface area is 276 Å². The van der Waals surface area contributed by atoms with E-state index in [0.717, 1.165) is 46.6 Å². The number of rotatable bonds is 7. The SMILES string of the molecule is CC(C)(C)OC(=O)N1CCC[C@H]1c1ncc(-c2ccc(-c3ccc(C(=O)Nc4ccc(CN5CCS(=O)(=O)CC5)cc4)cc3)cc2)[nH]1. The van der Waals surface area contributed by atoms with Gasteiger partial charge in [-0.05, 0) is 80.1 Å². The van der Waals surface area contributed by atoms with E-state index in [9.17, 15) is 18.0 Å². The van der Waals surface area contributed by atoms with Crippen molar-refractivity contribution < 1.29 is 22.7 Å². The molecule has 246 valence electrons. The van der Waals surface area contributed by atoms with Crippen molar-refractivity contribution in [2.24, 2.45) is 0 Å². The molecule has 0 bridgehead atoms. The Balaban J connectivity index is 1.04. The second-order valence-corrected chi connectivity index (χ2v) is 15.6. The molecule has 0 spiro atoms. The van der Waals surface area contributed by atoms with E-state index in [-0.39, 0.29) is 29.5 Å². The number of nitrogens with zero attached hydrogens (tertiary/aromatic N) is 3. The third-order valence-corrected chi connectivity index (χ3v) is 10.1. The fourth-order valence-corrected chi connectivity index (χ4v) is 7.24. The minimum absolute atomic E-state index is 0.137. The van der Waals surface area contributed by atoms with E-state index in [2.05, 4.69) is 20.2 Å². The van der Waals surface area contributed by atoms with Crippen LogP contribution in [0.2, 0.25) is 0 Å². The maximum Gasteiger partial charge on any atom is 0.410 e. The highest BCUT2D eigenvalue weighted by Gasteiger charge is 2.34. The van der Waals surface area contributed by atoms with Gasteiger partial charge < -0.3 is 15.0 Å². The molecule has 2 saturated heterocycles. The van der Waals surface area contributed by atoms with Crippen molar-refractivity contribution in [2.45, 2.75) is 51.8 Å². The molecule has 10 nitrogen and oxygen atoms in total. The number of benzene rings is 3. The molecule has 2 fully saturated rings. The fourth-order valence-electron chi connectivity index (χ4n) is 5.96. The van der Waals surface area contributed by atoms with Crippen LogP contribution in [0.15, 0.2) is 79.0 Å². The van der Waals surface area contributed by atoms with Gasteiger partial charge in [-0.25, -0.2) is 18.2 Å². The minimum Gasteiger partial charge on any atom is -0.444 e. The molecule has 0 saturated carbocycles. The molecular formula is C36H41N5O5S. The Bertz CT molecular complexity index is 1810. The zero-order chi connectivity index (χ0) is 33.2. The highest BCUT2D eigenvalue weighted by Crippen LogP contribution is 2.33. The van der Waals surface area contributed by atoms with E-state index in [1.165, 1.54) is 0 Å². The zero-order valence-electron chi connectivity index (χ0n) is 27.0. The van der Waals surface area contributed by atoms with E-state index in [1.54, 1.807) is 11.1 Å². The molecule has 2 amide bonds. The molecule has 0 radical (unpaired) electrons. The summed E-state index contributed by atoms with van der Waals surface area (Å²) >= 11 is 0. The van der Waals surface area contributed by atoms with Crippen LogP contribution in [0.1, 0.15) is 61.4 Å². The summed E-state index contributed by atoms with van der Waals surface area (Å²) in [6, 6.07) is 23.2. The lowest BCUT2D eigenvalue weighted by atomic mass is 10.0. The fraction of sp³-hybridized carbons (Fsp3) is 0.361. The summed E-state index contributed by atoms with van der Waals surface area (Å²) in [7, 11) is -2.90. The van der Waals surface area contributed by atoms with Gasteiger partial charge in [0.15, 0.2) is 9.84 Å². The molecule has 3 heterocycles. The average Bonchev–Trinajstić information content (AvgIpc) is 3.73. The number of aromatic nitrogens is 2. The van der Waals surface area contributed by atoms with Crippen molar-refractivity contribution in [1.29, 1.82) is 0 Å². The normalized spacial score (nSPS) is 18.2. The van der Waals surface area contributed by atoms with Crippen LogP contribution in [0, 0.1) is 0 Å². The molecule has 0 unspecified atom stereocenters. The van der Waals surface area contributed by atoms with Gasteiger partial charge in [0.25, 0.3) is 5.91 Å². The van der Waals surface area contributed by atoms with Gasteiger partial charge in [0, 0.05) is 37.4 Å². The van der Waals surface area contributed by atoms with Gasteiger partial charge in [-0.15, -0.1) is 0 Å². The summed E-state index contributed by atoms with van der Waals surface area (Å²) < 4.78 is 28.9.